The van der Waals surface area contributed by atoms with E-state index in [0.29, 0.717) is 12.0 Å². The number of nitrogens with zero attached hydrogens (tertiary/aromatic N) is 4. The lowest BCUT2D eigenvalue weighted by Gasteiger charge is -2.09. The second kappa shape index (κ2) is 6.36. The molecule has 120 valence electrons. The van der Waals surface area contributed by atoms with E-state index in [9.17, 15) is 0 Å². The molecule has 0 atom stereocenters. The Hall–Kier alpha value is -2.43. The van der Waals surface area contributed by atoms with Gasteiger partial charge >= 0.3 is 0 Å². The molecule has 0 aliphatic heterocycles. The van der Waals surface area contributed by atoms with E-state index in [2.05, 4.69) is 35.3 Å². The minimum absolute atomic E-state index is 0.559. The minimum Gasteiger partial charge on any atom is -0.323 e. The average Bonchev–Trinajstić information content (AvgIpc) is 2.81. The quantitative estimate of drug-likeness (QED) is 0.787. The Morgan fingerprint density at radius 2 is 2.00 bits per heavy atom. The van der Waals surface area contributed by atoms with E-state index in [1.165, 1.54) is 0 Å². The second-order valence-corrected chi connectivity index (χ2v) is 5.96. The van der Waals surface area contributed by atoms with Gasteiger partial charge in [-0.25, -0.2) is 4.98 Å². The Kier molecular flexibility index (Phi) is 4.28. The van der Waals surface area contributed by atoms with Crippen molar-refractivity contribution in [1.29, 1.82) is 5.41 Å². The van der Waals surface area contributed by atoms with Gasteiger partial charge in [0.05, 0.1) is 24.0 Å². The van der Waals surface area contributed by atoms with Crippen molar-refractivity contribution < 1.29 is 0 Å². The molecule has 5 heteroatoms. The summed E-state index contributed by atoms with van der Waals surface area (Å²) in [5.74, 6) is 0. The fraction of sp³-hybridized carbons (Fsp3) is 0.389. The Bertz CT molecular complexity index is 874. The zero-order valence-electron chi connectivity index (χ0n) is 14.0. The number of nitrogens with one attached hydrogen (secondary N) is 1. The Balaban J connectivity index is 2.11. The first-order valence-electron chi connectivity index (χ1n) is 8.12. The molecular weight excluding hydrogens is 286 g/mol. The summed E-state index contributed by atoms with van der Waals surface area (Å²) in [6, 6.07) is 5.94. The summed E-state index contributed by atoms with van der Waals surface area (Å²) in [5, 5.41) is 9.50. The molecule has 3 rings (SSSR count). The van der Waals surface area contributed by atoms with Crippen molar-refractivity contribution in [3.05, 3.63) is 53.2 Å². The molecule has 5 nitrogen and oxygen atoms in total. The molecule has 0 aromatic carbocycles. The van der Waals surface area contributed by atoms with Crippen molar-refractivity contribution in [2.45, 2.75) is 46.7 Å². The van der Waals surface area contributed by atoms with Gasteiger partial charge in [0.15, 0.2) is 0 Å². The van der Waals surface area contributed by atoms with E-state index in [1.54, 1.807) is 6.33 Å². The van der Waals surface area contributed by atoms with Gasteiger partial charge in [0.1, 0.15) is 11.1 Å². The van der Waals surface area contributed by atoms with Crippen LogP contribution < -0.4 is 5.49 Å². The van der Waals surface area contributed by atoms with Crippen molar-refractivity contribution in [3.8, 4) is 0 Å². The first-order valence-corrected chi connectivity index (χ1v) is 8.12. The number of aromatic nitrogens is 4. The second-order valence-electron chi connectivity index (χ2n) is 5.96. The Morgan fingerprint density at radius 1 is 1.17 bits per heavy atom. The van der Waals surface area contributed by atoms with Crippen molar-refractivity contribution in [2.75, 3.05) is 0 Å². The predicted molar refractivity (Wildman–Crippen MR) is 91.3 cm³/mol. The highest BCUT2D eigenvalue weighted by atomic mass is 15.1. The van der Waals surface area contributed by atoms with E-state index in [0.717, 1.165) is 47.4 Å². The SMILES string of the molecule is CCCCn1cnc2c(c(C)c(C)n2Cc2ccccn2)c1=N. The molecule has 0 aliphatic rings. The number of pyridine rings is 1. The minimum atomic E-state index is 0.559. The van der Waals surface area contributed by atoms with Gasteiger partial charge in [-0.1, -0.05) is 19.4 Å². The van der Waals surface area contributed by atoms with E-state index in [-0.39, 0.29) is 0 Å². The lowest BCUT2D eigenvalue weighted by atomic mass is 10.2. The number of aryl methyl sites for hydroxylation is 2. The maximum atomic E-state index is 8.54. The molecular formula is C18H23N5. The third kappa shape index (κ3) is 2.79. The van der Waals surface area contributed by atoms with Crippen LogP contribution in [0, 0.1) is 19.3 Å². The lowest BCUT2D eigenvalue weighted by molar-refractivity contribution is 0.596. The van der Waals surface area contributed by atoms with Crippen LogP contribution in [-0.2, 0) is 13.1 Å². The van der Waals surface area contributed by atoms with Crippen LogP contribution in [-0.4, -0.2) is 19.1 Å². The number of fused-ring (bicyclic) bond motifs is 1. The number of hydrogen-bond donors (Lipinski definition) is 1. The highest BCUT2D eigenvalue weighted by molar-refractivity contribution is 5.80. The van der Waals surface area contributed by atoms with Gasteiger partial charge in [-0.15, -0.1) is 0 Å². The predicted octanol–water partition coefficient (Wildman–Crippen LogP) is 3.18. The molecule has 0 unspecified atom stereocenters. The maximum absolute atomic E-state index is 8.54. The van der Waals surface area contributed by atoms with Gasteiger partial charge in [0.2, 0.25) is 0 Å². The Labute approximate surface area is 136 Å². The fourth-order valence-corrected chi connectivity index (χ4v) is 2.93. The maximum Gasteiger partial charge on any atom is 0.146 e. The van der Waals surface area contributed by atoms with Crippen molar-refractivity contribution in [1.82, 2.24) is 19.1 Å². The van der Waals surface area contributed by atoms with Gasteiger partial charge < -0.3 is 9.13 Å². The van der Waals surface area contributed by atoms with Crippen molar-refractivity contribution in [3.63, 3.8) is 0 Å². The number of unbranched alkanes of at least 4 members (excludes halogenated alkanes) is 1. The van der Waals surface area contributed by atoms with Gasteiger partial charge in [-0.05, 0) is 38.0 Å². The summed E-state index contributed by atoms with van der Waals surface area (Å²) in [7, 11) is 0. The highest BCUT2D eigenvalue weighted by Crippen LogP contribution is 2.21. The third-order valence-corrected chi connectivity index (χ3v) is 4.44. The molecule has 0 saturated carbocycles. The summed E-state index contributed by atoms with van der Waals surface area (Å²) in [5.41, 5.74) is 4.73. The molecule has 0 spiro atoms. The van der Waals surface area contributed by atoms with E-state index >= 15 is 0 Å². The van der Waals surface area contributed by atoms with Crippen LogP contribution in [0.4, 0.5) is 0 Å². The fourth-order valence-electron chi connectivity index (χ4n) is 2.93. The highest BCUT2D eigenvalue weighted by Gasteiger charge is 2.15. The molecule has 23 heavy (non-hydrogen) atoms. The summed E-state index contributed by atoms with van der Waals surface area (Å²) in [6.07, 6.45) is 5.79. The largest absolute Gasteiger partial charge is 0.323 e. The molecule has 3 aromatic heterocycles. The zero-order valence-corrected chi connectivity index (χ0v) is 14.0. The van der Waals surface area contributed by atoms with Crippen LogP contribution >= 0.6 is 0 Å². The molecule has 0 bridgehead atoms. The van der Waals surface area contributed by atoms with E-state index in [4.69, 9.17) is 5.41 Å². The van der Waals surface area contributed by atoms with E-state index in [1.807, 2.05) is 29.0 Å². The number of hydrogen-bond acceptors (Lipinski definition) is 3. The van der Waals surface area contributed by atoms with Crippen LogP contribution in [0.2, 0.25) is 0 Å². The first kappa shape index (κ1) is 15.5. The summed E-state index contributed by atoms with van der Waals surface area (Å²) in [6.45, 7) is 7.87. The summed E-state index contributed by atoms with van der Waals surface area (Å²) < 4.78 is 4.11. The molecule has 0 fully saturated rings. The Morgan fingerprint density at radius 3 is 2.70 bits per heavy atom. The van der Waals surface area contributed by atoms with Crippen LogP contribution in [0.5, 0.6) is 0 Å². The van der Waals surface area contributed by atoms with Crippen molar-refractivity contribution >= 4 is 11.0 Å². The molecule has 3 heterocycles. The standard InChI is InChI=1S/C18H23N5/c1-4-5-10-22-12-21-18-16(17(22)19)13(2)14(3)23(18)11-15-8-6-7-9-20-15/h6-9,12,19H,4-5,10-11H2,1-3H3. The molecule has 1 N–H and O–H groups in total. The van der Waals surface area contributed by atoms with Crippen LogP contribution in [0.1, 0.15) is 36.7 Å². The smallest absolute Gasteiger partial charge is 0.146 e. The van der Waals surface area contributed by atoms with Crippen LogP contribution in [0.25, 0.3) is 11.0 Å². The zero-order chi connectivity index (χ0) is 16.4. The number of rotatable bonds is 5. The summed E-state index contributed by atoms with van der Waals surface area (Å²) >= 11 is 0. The molecule has 0 aliphatic carbocycles. The topological polar surface area (TPSA) is 59.5 Å². The van der Waals surface area contributed by atoms with Gasteiger partial charge in [-0.2, -0.15) is 0 Å². The molecule has 0 amide bonds. The summed E-state index contributed by atoms with van der Waals surface area (Å²) in [4.78, 5) is 9.06. The molecule has 0 saturated heterocycles. The normalized spacial score (nSPS) is 11.3. The van der Waals surface area contributed by atoms with Crippen LogP contribution in [0.3, 0.4) is 0 Å². The van der Waals surface area contributed by atoms with Crippen molar-refractivity contribution in [2.24, 2.45) is 0 Å². The van der Waals surface area contributed by atoms with Gasteiger partial charge in [-0.3, -0.25) is 10.4 Å². The molecule has 0 radical (unpaired) electrons. The third-order valence-electron chi connectivity index (χ3n) is 4.44. The molecule has 3 aromatic rings. The van der Waals surface area contributed by atoms with E-state index < -0.39 is 0 Å². The van der Waals surface area contributed by atoms with Gasteiger partial charge in [0, 0.05) is 18.4 Å². The average molecular weight is 309 g/mol. The van der Waals surface area contributed by atoms with Gasteiger partial charge in [0.25, 0.3) is 0 Å². The lowest BCUT2D eigenvalue weighted by Crippen LogP contribution is -2.21. The monoisotopic (exact) mass is 309 g/mol. The first-order chi connectivity index (χ1) is 11.1. The van der Waals surface area contributed by atoms with Crippen LogP contribution in [0.15, 0.2) is 30.7 Å².